The summed E-state index contributed by atoms with van der Waals surface area (Å²) in [6.07, 6.45) is -4.01. The maximum atomic E-state index is 11.4. The Hall–Kier alpha value is -1.14. The van der Waals surface area contributed by atoms with Gasteiger partial charge in [-0.1, -0.05) is 0 Å². The summed E-state index contributed by atoms with van der Waals surface area (Å²) in [5, 5.41) is 8.22. The van der Waals surface area contributed by atoms with Crippen molar-refractivity contribution in [1.82, 2.24) is 20.2 Å². The molecule has 1 aromatic rings. The molecule has 0 aliphatic rings. The maximum Gasteiger partial charge on any atom is 0.507 e. The van der Waals surface area contributed by atoms with Gasteiger partial charge in [-0.3, -0.25) is 0 Å². The molecule has 0 saturated carbocycles. The van der Waals surface area contributed by atoms with Crippen LogP contribution in [0.25, 0.3) is 0 Å². The van der Waals surface area contributed by atoms with Crippen LogP contribution < -0.4 is 0 Å². The van der Waals surface area contributed by atoms with E-state index in [1.54, 1.807) is 0 Å². The molecular formula is C2HF3N4. The molecule has 0 N–H and O–H groups in total. The van der Waals surface area contributed by atoms with E-state index in [9.17, 15) is 13.2 Å². The quantitative estimate of drug-likeness (QED) is 0.512. The third-order valence-electron chi connectivity index (χ3n) is 0.609. The van der Waals surface area contributed by atoms with Gasteiger partial charge in [0.2, 0.25) is 0 Å². The van der Waals surface area contributed by atoms with Crippen LogP contribution in [-0.4, -0.2) is 20.2 Å². The lowest BCUT2D eigenvalue weighted by Gasteiger charge is -2.00. The van der Waals surface area contributed by atoms with E-state index in [4.69, 9.17) is 0 Å². The van der Waals surface area contributed by atoms with E-state index in [0.717, 1.165) is 0 Å². The standard InChI is InChI=1S/C2HF3N4/c3-2(4,5)9-1-6-7-8-9/h1H. The predicted octanol–water partition coefficient (Wildman–Crippen LogP) is 0.149. The Morgan fingerprint density at radius 1 is 1.33 bits per heavy atom. The molecular weight excluding hydrogens is 137 g/mol. The lowest BCUT2D eigenvalue weighted by Crippen LogP contribution is -2.17. The lowest BCUT2D eigenvalue weighted by atomic mass is 11.1. The Morgan fingerprint density at radius 2 is 2.00 bits per heavy atom. The Labute approximate surface area is 47.3 Å². The largest absolute Gasteiger partial charge is 0.507 e. The zero-order chi connectivity index (χ0) is 6.91. The van der Waals surface area contributed by atoms with E-state index in [2.05, 4.69) is 15.5 Å². The monoisotopic (exact) mass is 138 g/mol. The first-order chi connectivity index (χ1) is 4.11. The molecule has 4 nitrogen and oxygen atoms in total. The van der Waals surface area contributed by atoms with Crippen LogP contribution in [0.15, 0.2) is 6.33 Å². The lowest BCUT2D eigenvalue weighted by molar-refractivity contribution is -0.213. The zero-order valence-electron chi connectivity index (χ0n) is 4.00. The summed E-state index contributed by atoms with van der Waals surface area (Å²) in [5.74, 6) is 0. The first kappa shape index (κ1) is 5.99. The number of aromatic nitrogens is 4. The van der Waals surface area contributed by atoms with Gasteiger partial charge >= 0.3 is 6.30 Å². The van der Waals surface area contributed by atoms with E-state index < -0.39 is 6.30 Å². The van der Waals surface area contributed by atoms with Crippen LogP contribution in [0.4, 0.5) is 13.2 Å². The third kappa shape index (κ3) is 1.15. The van der Waals surface area contributed by atoms with Gasteiger partial charge in [-0.15, -0.1) is 23.0 Å². The highest BCUT2D eigenvalue weighted by Crippen LogP contribution is 2.18. The van der Waals surface area contributed by atoms with E-state index in [-0.39, 0.29) is 4.68 Å². The molecule has 50 valence electrons. The minimum absolute atomic E-state index is 0.285. The molecule has 0 atom stereocenters. The minimum atomic E-state index is -4.50. The van der Waals surface area contributed by atoms with Gasteiger partial charge in [0.15, 0.2) is 0 Å². The van der Waals surface area contributed by atoms with Crippen molar-refractivity contribution in [2.24, 2.45) is 0 Å². The maximum absolute atomic E-state index is 11.4. The van der Waals surface area contributed by atoms with Gasteiger partial charge in [-0.25, -0.2) is 0 Å². The summed E-state index contributed by atoms with van der Waals surface area (Å²) >= 11 is 0. The number of halogens is 3. The van der Waals surface area contributed by atoms with Crippen molar-refractivity contribution >= 4 is 0 Å². The van der Waals surface area contributed by atoms with Crippen molar-refractivity contribution in [3.05, 3.63) is 6.33 Å². The first-order valence-corrected chi connectivity index (χ1v) is 1.91. The van der Waals surface area contributed by atoms with E-state index in [0.29, 0.717) is 6.33 Å². The molecule has 1 rings (SSSR count). The van der Waals surface area contributed by atoms with Crippen LogP contribution in [0, 0.1) is 0 Å². The fourth-order valence-corrected chi connectivity index (χ4v) is 0.277. The number of hydrogen-bond donors (Lipinski definition) is 0. The number of hydrogen-bond acceptors (Lipinski definition) is 3. The summed E-state index contributed by atoms with van der Waals surface area (Å²) in [6, 6.07) is 0. The highest BCUT2D eigenvalue weighted by Gasteiger charge is 2.31. The van der Waals surface area contributed by atoms with E-state index in [1.165, 1.54) is 0 Å². The molecule has 0 aliphatic heterocycles. The highest BCUT2D eigenvalue weighted by molar-refractivity contribution is 4.49. The van der Waals surface area contributed by atoms with Crippen molar-refractivity contribution in [3.63, 3.8) is 0 Å². The number of tetrazole rings is 1. The Bertz CT molecular complexity index is 176. The molecule has 0 aromatic carbocycles. The Balaban J connectivity index is 2.90. The van der Waals surface area contributed by atoms with Crippen molar-refractivity contribution < 1.29 is 13.2 Å². The van der Waals surface area contributed by atoms with Gasteiger partial charge in [0.25, 0.3) is 0 Å². The molecule has 1 heterocycles. The van der Waals surface area contributed by atoms with E-state index in [1.807, 2.05) is 0 Å². The van der Waals surface area contributed by atoms with Gasteiger partial charge in [0.05, 0.1) is 0 Å². The molecule has 0 spiro atoms. The summed E-state index contributed by atoms with van der Waals surface area (Å²) in [6.45, 7) is 0. The van der Waals surface area contributed by atoms with Gasteiger partial charge < -0.3 is 0 Å². The van der Waals surface area contributed by atoms with Gasteiger partial charge in [0.1, 0.15) is 6.33 Å². The molecule has 9 heavy (non-hydrogen) atoms. The normalized spacial score (nSPS) is 11.9. The molecule has 0 bridgehead atoms. The van der Waals surface area contributed by atoms with Crippen LogP contribution in [0.2, 0.25) is 0 Å². The minimum Gasteiger partial charge on any atom is -0.149 e. The summed E-state index contributed by atoms with van der Waals surface area (Å²) in [5.41, 5.74) is 0. The predicted molar refractivity (Wildman–Crippen MR) is 19.1 cm³/mol. The smallest absolute Gasteiger partial charge is 0.149 e. The number of rotatable bonds is 0. The third-order valence-corrected chi connectivity index (χ3v) is 0.609. The molecule has 0 radical (unpaired) electrons. The second kappa shape index (κ2) is 1.67. The highest BCUT2D eigenvalue weighted by atomic mass is 19.4. The average Bonchev–Trinajstić information content (AvgIpc) is 2.08. The molecule has 1 aromatic heterocycles. The second-order valence-electron chi connectivity index (χ2n) is 1.22. The summed E-state index contributed by atoms with van der Waals surface area (Å²) in [4.78, 5) is 0. The van der Waals surface area contributed by atoms with E-state index >= 15 is 0 Å². The zero-order valence-corrected chi connectivity index (χ0v) is 4.00. The second-order valence-corrected chi connectivity index (χ2v) is 1.22. The molecule has 0 fully saturated rings. The van der Waals surface area contributed by atoms with Crippen molar-refractivity contribution in [1.29, 1.82) is 0 Å². The van der Waals surface area contributed by atoms with Crippen LogP contribution in [0.5, 0.6) is 0 Å². The first-order valence-electron chi connectivity index (χ1n) is 1.91. The van der Waals surface area contributed by atoms with Gasteiger partial charge in [-0.2, -0.15) is 0 Å². The van der Waals surface area contributed by atoms with Crippen molar-refractivity contribution in [2.45, 2.75) is 6.30 Å². The van der Waals surface area contributed by atoms with Crippen LogP contribution >= 0.6 is 0 Å². The van der Waals surface area contributed by atoms with Crippen molar-refractivity contribution in [2.75, 3.05) is 0 Å². The molecule has 0 aliphatic carbocycles. The molecule has 0 unspecified atom stereocenters. The SMILES string of the molecule is FC(F)(F)n1cnnn1. The van der Waals surface area contributed by atoms with Crippen LogP contribution in [-0.2, 0) is 6.30 Å². The van der Waals surface area contributed by atoms with Gasteiger partial charge in [0, 0.05) is 0 Å². The molecule has 0 amide bonds. The summed E-state index contributed by atoms with van der Waals surface area (Å²) < 4.78 is 34.0. The summed E-state index contributed by atoms with van der Waals surface area (Å²) in [7, 11) is 0. The van der Waals surface area contributed by atoms with Crippen molar-refractivity contribution in [3.8, 4) is 0 Å². The number of alkyl halides is 3. The molecule has 7 heteroatoms. The number of nitrogens with zero attached hydrogens (tertiary/aromatic N) is 4. The van der Waals surface area contributed by atoms with Crippen LogP contribution in [0.1, 0.15) is 0 Å². The van der Waals surface area contributed by atoms with Gasteiger partial charge in [-0.05, 0) is 10.4 Å². The van der Waals surface area contributed by atoms with Crippen LogP contribution in [0.3, 0.4) is 0 Å². The Kier molecular flexibility index (Phi) is 1.11. The molecule has 0 saturated heterocycles. The fraction of sp³-hybridized carbons (Fsp3) is 0.500. The topological polar surface area (TPSA) is 43.6 Å². The Morgan fingerprint density at radius 3 is 2.22 bits per heavy atom. The average molecular weight is 138 g/mol. The fourth-order valence-electron chi connectivity index (χ4n) is 0.277.